The lowest BCUT2D eigenvalue weighted by molar-refractivity contribution is -0.386. The van der Waals surface area contributed by atoms with E-state index in [1.807, 2.05) is 0 Å². The second-order valence-electron chi connectivity index (χ2n) is 7.95. The molecule has 1 aromatic carbocycles. The van der Waals surface area contributed by atoms with Crippen LogP contribution in [0.5, 0.6) is 0 Å². The van der Waals surface area contributed by atoms with Crippen molar-refractivity contribution in [2.75, 3.05) is 29.6 Å². The maximum atomic E-state index is 13.1. The zero-order valence-electron chi connectivity index (χ0n) is 18.8. The average Bonchev–Trinajstić information content (AvgIpc) is 2.93. The number of carbonyl (C=O) groups is 2. The van der Waals surface area contributed by atoms with E-state index in [-0.39, 0.29) is 41.7 Å². The van der Waals surface area contributed by atoms with Crippen LogP contribution in [-0.2, 0) is 26.2 Å². The van der Waals surface area contributed by atoms with Gasteiger partial charge in [0, 0.05) is 19.5 Å². The maximum absolute atomic E-state index is 13.1. The average molecular weight is 479 g/mol. The Morgan fingerprint density at radius 1 is 1.33 bits per heavy atom. The van der Waals surface area contributed by atoms with Gasteiger partial charge in [-0.3, -0.25) is 24.4 Å². The molecule has 0 bridgehead atoms. The number of benzene rings is 1. The van der Waals surface area contributed by atoms with Crippen LogP contribution in [0.15, 0.2) is 24.3 Å². The van der Waals surface area contributed by atoms with Crippen molar-refractivity contribution in [2.45, 2.75) is 39.8 Å². The third kappa shape index (κ3) is 5.03. The van der Waals surface area contributed by atoms with Crippen LogP contribution in [0.4, 0.5) is 17.1 Å². The molecule has 0 spiro atoms. The van der Waals surface area contributed by atoms with E-state index in [1.165, 1.54) is 30.5 Å². The number of anilines is 2. The lowest BCUT2D eigenvalue weighted by atomic mass is 10.1. The summed E-state index contributed by atoms with van der Waals surface area (Å²) >= 11 is 0. The van der Waals surface area contributed by atoms with Gasteiger partial charge in [0.05, 0.1) is 35.1 Å². The normalized spacial score (nSPS) is 16.3. The summed E-state index contributed by atoms with van der Waals surface area (Å²) in [7, 11) is -2.57. The predicted molar refractivity (Wildman–Crippen MR) is 121 cm³/mol. The molecule has 13 heteroatoms. The molecule has 2 amide bonds. The summed E-state index contributed by atoms with van der Waals surface area (Å²) in [5.74, 6) is -1.09. The lowest BCUT2D eigenvalue weighted by Crippen LogP contribution is -2.46. The predicted octanol–water partition coefficient (Wildman–Crippen LogP) is 1.43. The molecule has 1 N–H and O–H groups in total. The second kappa shape index (κ2) is 9.27. The molecule has 0 fully saturated rings. The number of nitro groups is 1. The van der Waals surface area contributed by atoms with Crippen molar-refractivity contribution in [3.8, 4) is 0 Å². The fourth-order valence-corrected chi connectivity index (χ4v) is 4.88. The number of nitrogens with one attached hydrogen (secondary N) is 1. The van der Waals surface area contributed by atoms with E-state index < -0.39 is 33.4 Å². The number of carbonyl (C=O) groups excluding carboxylic acids is 2. The van der Waals surface area contributed by atoms with Gasteiger partial charge in [-0.05, 0) is 32.9 Å². The molecule has 2 aromatic rings. The summed E-state index contributed by atoms with van der Waals surface area (Å²) in [6.07, 6.45) is 0.0770. The molecule has 0 radical (unpaired) electrons. The maximum Gasteiger partial charge on any atom is 0.312 e. The molecule has 2 heterocycles. The molecule has 0 aliphatic carbocycles. The van der Waals surface area contributed by atoms with Gasteiger partial charge in [0.1, 0.15) is 11.4 Å². The summed E-state index contributed by atoms with van der Waals surface area (Å²) < 4.78 is 27.9. The molecule has 1 unspecified atom stereocenters. The van der Waals surface area contributed by atoms with Gasteiger partial charge >= 0.3 is 5.69 Å². The number of hydrogen-bond donors (Lipinski definition) is 1. The van der Waals surface area contributed by atoms with Gasteiger partial charge in [0.25, 0.3) is 0 Å². The molecule has 0 saturated heterocycles. The summed E-state index contributed by atoms with van der Waals surface area (Å²) in [5, 5.41) is 18.0. The van der Waals surface area contributed by atoms with E-state index in [2.05, 4.69) is 10.4 Å². The highest BCUT2D eigenvalue weighted by molar-refractivity contribution is 7.89. The molecule has 178 valence electrons. The van der Waals surface area contributed by atoms with Crippen molar-refractivity contribution in [1.29, 1.82) is 0 Å². The van der Waals surface area contributed by atoms with E-state index in [9.17, 15) is 28.1 Å². The summed E-state index contributed by atoms with van der Waals surface area (Å²) in [5.41, 5.74) is 1.31. The van der Waals surface area contributed by atoms with Crippen molar-refractivity contribution in [3.63, 3.8) is 0 Å². The second-order valence-corrected chi connectivity index (χ2v) is 10.1. The number of amides is 2. The van der Waals surface area contributed by atoms with Gasteiger partial charge < -0.3 is 10.2 Å². The van der Waals surface area contributed by atoms with Gasteiger partial charge in [-0.1, -0.05) is 12.1 Å². The van der Waals surface area contributed by atoms with Crippen LogP contribution in [0.2, 0.25) is 0 Å². The Bertz CT molecular complexity index is 1210. The Morgan fingerprint density at radius 3 is 2.64 bits per heavy atom. The molecule has 1 atom stereocenters. The minimum Gasteiger partial charge on any atom is -0.324 e. The quantitative estimate of drug-likeness (QED) is 0.467. The number of hydrogen-bond acceptors (Lipinski definition) is 7. The first kappa shape index (κ1) is 24.3. The molecule has 3 rings (SSSR count). The van der Waals surface area contributed by atoms with E-state index in [0.29, 0.717) is 11.4 Å². The number of para-hydroxylation sites is 2. The standard InChI is InChI=1S/C20H26N6O6S/c1-13-11-18(27)21-16-7-5-6-8-17(16)25(13)19(28)12-23(4)33(31,32)10-9-24-15(3)20(26(29)30)14(2)22-24/h5-8,13H,9-12H2,1-4H3,(H,21,27). The van der Waals surface area contributed by atoms with Crippen LogP contribution in [0.25, 0.3) is 0 Å². The Balaban J connectivity index is 1.74. The number of likely N-dealkylation sites (N-methyl/N-ethyl adjacent to an activating group) is 1. The largest absolute Gasteiger partial charge is 0.324 e. The molecule has 0 saturated carbocycles. The Labute approximate surface area is 191 Å². The molecular weight excluding hydrogens is 452 g/mol. The molecule has 33 heavy (non-hydrogen) atoms. The van der Waals surface area contributed by atoms with Crippen LogP contribution in [0.1, 0.15) is 24.7 Å². The minimum atomic E-state index is -3.87. The summed E-state index contributed by atoms with van der Waals surface area (Å²) in [6, 6.07) is 6.38. The number of aryl methyl sites for hydroxylation is 2. The number of fused-ring (bicyclic) bond motifs is 1. The molecular formula is C20H26N6O6S. The first-order chi connectivity index (χ1) is 15.4. The number of aromatic nitrogens is 2. The fourth-order valence-electron chi connectivity index (χ4n) is 3.86. The zero-order valence-corrected chi connectivity index (χ0v) is 19.6. The highest BCUT2D eigenvalue weighted by Gasteiger charge is 2.32. The molecule has 1 aromatic heterocycles. The SMILES string of the molecule is Cc1nn(CCS(=O)(=O)N(C)CC(=O)N2c3ccccc3NC(=O)CC2C)c(C)c1[N+](=O)[O-]. The topological polar surface area (TPSA) is 148 Å². The van der Waals surface area contributed by atoms with Gasteiger partial charge in [-0.15, -0.1) is 0 Å². The Kier molecular flexibility index (Phi) is 6.84. The highest BCUT2D eigenvalue weighted by Crippen LogP contribution is 2.31. The Morgan fingerprint density at radius 2 is 2.00 bits per heavy atom. The number of rotatable bonds is 7. The van der Waals surface area contributed by atoms with Crippen LogP contribution < -0.4 is 10.2 Å². The van der Waals surface area contributed by atoms with Crippen LogP contribution in [-0.4, -0.2) is 64.6 Å². The van der Waals surface area contributed by atoms with Crippen molar-refractivity contribution in [2.24, 2.45) is 0 Å². The van der Waals surface area contributed by atoms with Crippen molar-refractivity contribution in [1.82, 2.24) is 14.1 Å². The van der Waals surface area contributed by atoms with Gasteiger partial charge in [0.2, 0.25) is 21.8 Å². The first-order valence-electron chi connectivity index (χ1n) is 10.3. The number of nitrogens with zero attached hydrogens (tertiary/aromatic N) is 5. The van der Waals surface area contributed by atoms with Crippen molar-refractivity contribution in [3.05, 3.63) is 45.8 Å². The van der Waals surface area contributed by atoms with Gasteiger partial charge in [-0.2, -0.15) is 9.40 Å². The smallest absolute Gasteiger partial charge is 0.312 e. The zero-order chi connectivity index (χ0) is 24.5. The summed E-state index contributed by atoms with van der Waals surface area (Å²) in [6.45, 7) is 4.20. The fraction of sp³-hybridized carbons (Fsp3) is 0.450. The highest BCUT2D eigenvalue weighted by atomic mass is 32.2. The minimum absolute atomic E-state index is 0.0770. The van der Waals surface area contributed by atoms with E-state index >= 15 is 0 Å². The third-order valence-corrected chi connectivity index (χ3v) is 7.32. The van der Waals surface area contributed by atoms with Crippen LogP contribution >= 0.6 is 0 Å². The molecule has 1 aliphatic heterocycles. The lowest BCUT2D eigenvalue weighted by Gasteiger charge is -2.29. The number of sulfonamides is 1. The molecule has 12 nitrogen and oxygen atoms in total. The van der Waals surface area contributed by atoms with Crippen LogP contribution in [0.3, 0.4) is 0 Å². The van der Waals surface area contributed by atoms with Crippen LogP contribution in [0, 0.1) is 24.0 Å². The first-order valence-corrected chi connectivity index (χ1v) is 11.9. The summed E-state index contributed by atoms with van der Waals surface area (Å²) in [4.78, 5) is 37.3. The van der Waals surface area contributed by atoms with Crippen molar-refractivity contribution < 1.29 is 22.9 Å². The van der Waals surface area contributed by atoms with E-state index in [1.54, 1.807) is 31.2 Å². The van der Waals surface area contributed by atoms with Crippen molar-refractivity contribution >= 4 is 38.9 Å². The third-order valence-electron chi connectivity index (χ3n) is 5.55. The monoisotopic (exact) mass is 478 g/mol. The Hall–Kier alpha value is -3.32. The van der Waals surface area contributed by atoms with E-state index in [4.69, 9.17) is 0 Å². The molecule has 1 aliphatic rings. The van der Waals surface area contributed by atoms with E-state index in [0.717, 1.165) is 4.31 Å². The van der Waals surface area contributed by atoms with Gasteiger partial charge in [0.15, 0.2) is 0 Å². The van der Waals surface area contributed by atoms with Gasteiger partial charge in [-0.25, -0.2) is 8.42 Å².